The van der Waals surface area contributed by atoms with Crippen LogP contribution in [0.5, 0.6) is 0 Å². The molecule has 4 aliphatic carbocycles. The van der Waals surface area contributed by atoms with Crippen molar-refractivity contribution in [2.45, 2.75) is 110 Å². The molecule has 1 amide bonds. The van der Waals surface area contributed by atoms with E-state index in [1.54, 1.807) is 0 Å². The van der Waals surface area contributed by atoms with E-state index in [4.69, 9.17) is 14.2 Å². The maximum atomic E-state index is 12.9. The van der Waals surface area contributed by atoms with Crippen molar-refractivity contribution in [1.29, 1.82) is 0 Å². The van der Waals surface area contributed by atoms with E-state index < -0.39 is 0 Å². The molecule has 3 saturated heterocycles. The van der Waals surface area contributed by atoms with E-state index in [1.807, 2.05) is 4.90 Å². The minimum atomic E-state index is -0.309. The first kappa shape index (κ1) is 27.0. The Morgan fingerprint density at radius 2 is 1.64 bits per heavy atom. The Bertz CT molecular complexity index is 942. The Hall–Kier alpha value is -0.850. The smallest absolute Gasteiger partial charge is 0.410 e. The van der Waals surface area contributed by atoms with Crippen molar-refractivity contribution in [2.75, 3.05) is 39.8 Å². The second-order valence-electron chi connectivity index (χ2n) is 15.7. The van der Waals surface area contributed by atoms with Crippen LogP contribution in [0, 0.1) is 52.3 Å². The highest BCUT2D eigenvalue weighted by molar-refractivity contribution is 5.68. The van der Waals surface area contributed by atoms with E-state index in [9.17, 15) is 4.79 Å². The van der Waals surface area contributed by atoms with Crippen molar-refractivity contribution < 1.29 is 19.0 Å². The van der Waals surface area contributed by atoms with E-state index in [0.717, 1.165) is 69.8 Å². The maximum absolute atomic E-state index is 12.9. The first-order valence-electron chi connectivity index (χ1n) is 16.6. The minimum absolute atomic E-state index is 0.0698. The van der Waals surface area contributed by atoms with Crippen molar-refractivity contribution in [3.63, 3.8) is 0 Å². The van der Waals surface area contributed by atoms with Gasteiger partial charge in [-0.05, 0) is 111 Å². The highest BCUT2D eigenvalue weighted by Crippen LogP contribution is 2.71. The summed E-state index contributed by atoms with van der Waals surface area (Å²) in [6, 6.07) is 0. The zero-order valence-electron chi connectivity index (χ0n) is 25.3. The first-order valence-corrected chi connectivity index (χ1v) is 16.6. The van der Waals surface area contributed by atoms with E-state index >= 15 is 0 Å². The molecule has 3 heterocycles. The predicted molar refractivity (Wildman–Crippen MR) is 151 cm³/mol. The van der Waals surface area contributed by atoms with Gasteiger partial charge in [0.25, 0.3) is 0 Å². The molecule has 7 rings (SSSR count). The lowest BCUT2D eigenvalue weighted by Crippen LogP contribution is -2.55. The van der Waals surface area contributed by atoms with Gasteiger partial charge in [-0.25, -0.2) is 4.79 Å². The Kier molecular flexibility index (Phi) is 6.64. The average molecular weight is 543 g/mol. The van der Waals surface area contributed by atoms with Gasteiger partial charge in [0.15, 0.2) is 5.79 Å². The lowest BCUT2D eigenvalue weighted by molar-refractivity contribution is -0.273. The number of fused-ring (bicyclic) bond motifs is 7. The third kappa shape index (κ3) is 4.15. The van der Waals surface area contributed by atoms with Crippen LogP contribution in [-0.2, 0) is 14.2 Å². The average Bonchev–Trinajstić information content (AvgIpc) is 3.36. The van der Waals surface area contributed by atoms with E-state index in [2.05, 4.69) is 39.6 Å². The molecule has 0 bridgehead atoms. The number of amides is 1. The lowest BCUT2D eigenvalue weighted by Gasteiger charge is -2.61. The van der Waals surface area contributed by atoms with Gasteiger partial charge >= 0.3 is 6.09 Å². The number of hydrogen-bond donors (Lipinski definition) is 0. The summed E-state index contributed by atoms with van der Waals surface area (Å²) in [7, 11) is 2.13. The van der Waals surface area contributed by atoms with Crippen molar-refractivity contribution >= 4 is 6.09 Å². The van der Waals surface area contributed by atoms with Crippen molar-refractivity contribution in [3.8, 4) is 0 Å². The van der Waals surface area contributed by atoms with Gasteiger partial charge in [0.2, 0.25) is 0 Å². The largest absolute Gasteiger partial charge is 0.446 e. The van der Waals surface area contributed by atoms with Crippen molar-refractivity contribution in [1.82, 2.24) is 9.80 Å². The monoisotopic (exact) mass is 542 g/mol. The molecule has 12 atom stereocenters. The summed E-state index contributed by atoms with van der Waals surface area (Å²) in [5.41, 5.74) is 0.786. The molecule has 7 fully saturated rings. The van der Waals surface area contributed by atoms with Gasteiger partial charge in [0.1, 0.15) is 6.10 Å². The Morgan fingerprint density at radius 1 is 0.872 bits per heavy atom. The van der Waals surface area contributed by atoms with Gasteiger partial charge in [0, 0.05) is 38.5 Å². The van der Waals surface area contributed by atoms with Crippen molar-refractivity contribution in [2.24, 2.45) is 52.3 Å². The van der Waals surface area contributed by atoms with E-state index in [0.29, 0.717) is 40.6 Å². The highest BCUT2D eigenvalue weighted by Gasteiger charge is 2.69. The van der Waals surface area contributed by atoms with Gasteiger partial charge in [0.05, 0.1) is 12.7 Å². The van der Waals surface area contributed by atoms with Crippen LogP contribution in [0.15, 0.2) is 0 Å². The molecule has 0 aromatic rings. The second-order valence-corrected chi connectivity index (χ2v) is 15.7. The normalized spacial score (nSPS) is 53.6. The first-order chi connectivity index (χ1) is 18.6. The highest BCUT2D eigenvalue weighted by atomic mass is 16.7. The molecule has 220 valence electrons. The lowest BCUT2D eigenvalue weighted by atomic mass is 9.44. The molecule has 0 aromatic carbocycles. The van der Waals surface area contributed by atoms with Crippen molar-refractivity contribution in [3.05, 3.63) is 0 Å². The summed E-state index contributed by atoms with van der Waals surface area (Å²) >= 11 is 0. The molecule has 3 aliphatic heterocycles. The topological polar surface area (TPSA) is 51.2 Å². The number of hydrogen-bond acceptors (Lipinski definition) is 5. The summed E-state index contributed by atoms with van der Waals surface area (Å²) in [6.07, 6.45) is 12.7. The fourth-order valence-corrected chi connectivity index (χ4v) is 11.5. The fraction of sp³-hybridized carbons (Fsp3) is 0.970. The molecule has 7 aliphatic rings. The van der Waals surface area contributed by atoms with Crippen LogP contribution in [-0.4, -0.2) is 73.7 Å². The molecule has 1 spiro atoms. The molecule has 6 nitrogen and oxygen atoms in total. The van der Waals surface area contributed by atoms with Gasteiger partial charge in [-0.3, -0.25) is 0 Å². The maximum Gasteiger partial charge on any atom is 0.410 e. The number of piperazine rings is 1. The van der Waals surface area contributed by atoms with Gasteiger partial charge in [-0.2, -0.15) is 0 Å². The Labute approximate surface area is 236 Å². The number of carbonyl (C=O) groups excluding carboxylic acids is 1. The summed E-state index contributed by atoms with van der Waals surface area (Å²) in [4.78, 5) is 17.1. The van der Waals surface area contributed by atoms with Crippen LogP contribution in [0.1, 0.15) is 91.9 Å². The number of rotatable bonds is 1. The molecule has 0 aromatic heterocycles. The summed E-state index contributed by atoms with van der Waals surface area (Å²) < 4.78 is 19.6. The van der Waals surface area contributed by atoms with Gasteiger partial charge in [-0.1, -0.05) is 27.7 Å². The minimum Gasteiger partial charge on any atom is -0.446 e. The summed E-state index contributed by atoms with van der Waals surface area (Å²) in [5.74, 6) is 4.63. The molecule has 6 heteroatoms. The third-order valence-corrected chi connectivity index (χ3v) is 13.9. The second kappa shape index (κ2) is 9.59. The number of nitrogens with zero attached hydrogens (tertiary/aromatic N) is 2. The molecular formula is C33H54N2O4. The quantitative estimate of drug-likeness (QED) is 0.396. The molecule has 0 radical (unpaired) electrons. The van der Waals surface area contributed by atoms with Crippen LogP contribution in [0.4, 0.5) is 4.79 Å². The summed E-state index contributed by atoms with van der Waals surface area (Å²) in [5, 5.41) is 0. The van der Waals surface area contributed by atoms with Crippen LogP contribution in [0.3, 0.4) is 0 Å². The van der Waals surface area contributed by atoms with E-state index in [1.165, 1.54) is 44.9 Å². The predicted octanol–water partition coefficient (Wildman–Crippen LogP) is 6.19. The molecule has 0 N–H and O–H groups in total. The Morgan fingerprint density at radius 3 is 2.38 bits per heavy atom. The standard InChI is InChI=1S/C33H54N2O4/c1-21-8-13-33(37-20-21)22(2)29-28(39-33)19-27-25-7-6-23-18-24(38-30(36)35-16-14-34(5)15-17-35)9-11-31(23,3)26(25)10-12-32(27,29)4/h21-29H,6-20H2,1-5H3/t21-,22+,23-,24+,25-,26+,27+,28+,29+,31+,32+,33-/m1/s1. The third-order valence-electron chi connectivity index (χ3n) is 13.9. The number of ether oxygens (including phenoxy) is 3. The summed E-state index contributed by atoms with van der Waals surface area (Å²) in [6.45, 7) is 14.4. The fourth-order valence-electron chi connectivity index (χ4n) is 11.5. The number of carbonyl (C=O) groups is 1. The van der Waals surface area contributed by atoms with E-state index in [-0.39, 0.29) is 18.0 Å². The Balaban J connectivity index is 1.02. The van der Waals surface area contributed by atoms with Gasteiger partial charge in [-0.15, -0.1) is 0 Å². The molecule has 0 unspecified atom stereocenters. The molecule has 39 heavy (non-hydrogen) atoms. The molecule has 4 saturated carbocycles. The van der Waals surface area contributed by atoms with Crippen LogP contribution < -0.4 is 0 Å². The van der Waals surface area contributed by atoms with Crippen LogP contribution in [0.25, 0.3) is 0 Å². The van der Waals surface area contributed by atoms with Gasteiger partial charge < -0.3 is 24.0 Å². The molecular weight excluding hydrogens is 488 g/mol. The zero-order valence-corrected chi connectivity index (χ0v) is 25.3. The number of likely N-dealkylation sites (N-methyl/N-ethyl adjacent to an activating group) is 1. The SMILES string of the molecule is C[C@@H]1CC[C@@]2(OC1)O[C@H]1C[C@H]3[C@@H]4CC[C@@H]5C[C@@H](OC(=O)N6CCN(C)CC6)CC[C@]5(C)[C@H]4CC[C@]3(C)[C@H]1[C@@H]2C. The van der Waals surface area contributed by atoms with Crippen LogP contribution in [0.2, 0.25) is 0 Å². The van der Waals surface area contributed by atoms with Crippen LogP contribution >= 0.6 is 0 Å². The zero-order chi connectivity index (χ0) is 27.2.